The van der Waals surface area contributed by atoms with Gasteiger partial charge >= 0.3 is 0 Å². The molecule has 1 unspecified atom stereocenters. The number of amides is 2. The highest BCUT2D eigenvalue weighted by Gasteiger charge is 2.32. The first-order valence-corrected chi connectivity index (χ1v) is 6.87. The Morgan fingerprint density at radius 1 is 1.33 bits per heavy atom. The maximum atomic E-state index is 11.7. The molecule has 1 atom stereocenters. The molecule has 18 heavy (non-hydrogen) atoms. The van der Waals surface area contributed by atoms with E-state index in [-0.39, 0.29) is 24.2 Å². The molecule has 0 bridgehead atoms. The van der Waals surface area contributed by atoms with Crippen molar-refractivity contribution in [3.05, 3.63) is 0 Å². The fraction of sp³-hybridized carbons (Fsp3) is 0.846. The summed E-state index contributed by atoms with van der Waals surface area (Å²) in [7, 11) is 0. The smallest absolute Gasteiger partial charge is 0.223 e. The number of nitrogens with two attached hydrogens (primary N) is 1. The summed E-state index contributed by atoms with van der Waals surface area (Å²) in [5.41, 5.74) is 5.25. The average Bonchev–Trinajstić information content (AvgIpc) is 2.68. The Balaban J connectivity index is 2.38. The molecule has 104 valence electrons. The maximum Gasteiger partial charge on any atom is 0.223 e. The largest absolute Gasteiger partial charge is 0.369 e. The van der Waals surface area contributed by atoms with Crippen LogP contribution in [0.2, 0.25) is 0 Å². The van der Waals surface area contributed by atoms with Gasteiger partial charge in [-0.2, -0.15) is 0 Å². The van der Waals surface area contributed by atoms with Crippen LogP contribution in [0.1, 0.15) is 33.1 Å². The zero-order valence-corrected chi connectivity index (χ0v) is 11.5. The summed E-state index contributed by atoms with van der Waals surface area (Å²) in [6.07, 6.45) is 2.53. The van der Waals surface area contributed by atoms with Crippen molar-refractivity contribution in [2.45, 2.75) is 33.1 Å². The molecule has 0 radical (unpaired) electrons. The molecule has 2 N–H and O–H groups in total. The summed E-state index contributed by atoms with van der Waals surface area (Å²) < 4.78 is 0. The Morgan fingerprint density at radius 2 is 1.94 bits per heavy atom. The average molecular weight is 255 g/mol. The molecule has 0 aromatic carbocycles. The Hall–Kier alpha value is -1.10. The van der Waals surface area contributed by atoms with Crippen LogP contribution in [-0.4, -0.2) is 54.3 Å². The molecule has 1 rings (SSSR count). The molecule has 1 aliphatic heterocycles. The van der Waals surface area contributed by atoms with Gasteiger partial charge < -0.3 is 15.5 Å². The molecular formula is C13H25N3O2. The van der Waals surface area contributed by atoms with Gasteiger partial charge in [0, 0.05) is 26.1 Å². The summed E-state index contributed by atoms with van der Waals surface area (Å²) in [6.45, 7) is 8.55. The summed E-state index contributed by atoms with van der Waals surface area (Å²) in [6, 6.07) is 0. The minimum absolute atomic E-state index is 0.0618. The molecule has 5 nitrogen and oxygen atoms in total. The minimum Gasteiger partial charge on any atom is -0.369 e. The SMILES string of the molecule is CCCN(CCC)CCN1CC(C(N)=O)CC1=O. The van der Waals surface area contributed by atoms with Crippen LogP contribution in [0.5, 0.6) is 0 Å². The molecule has 1 saturated heterocycles. The Bertz CT molecular complexity index is 288. The van der Waals surface area contributed by atoms with Gasteiger partial charge in [-0.1, -0.05) is 13.8 Å². The van der Waals surface area contributed by atoms with Gasteiger partial charge in [-0.25, -0.2) is 0 Å². The van der Waals surface area contributed by atoms with Crippen molar-refractivity contribution in [1.82, 2.24) is 9.80 Å². The molecule has 5 heteroatoms. The number of carbonyl (C=O) groups excluding carboxylic acids is 2. The van der Waals surface area contributed by atoms with Gasteiger partial charge in [0.15, 0.2) is 0 Å². The van der Waals surface area contributed by atoms with Crippen molar-refractivity contribution in [1.29, 1.82) is 0 Å². The van der Waals surface area contributed by atoms with Crippen LogP contribution in [0.3, 0.4) is 0 Å². The van der Waals surface area contributed by atoms with Crippen LogP contribution in [0, 0.1) is 5.92 Å². The van der Waals surface area contributed by atoms with Crippen LogP contribution in [0.4, 0.5) is 0 Å². The molecule has 0 saturated carbocycles. The monoisotopic (exact) mass is 255 g/mol. The Labute approximate surface area is 109 Å². The van der Waals surface area contributed by atoms with Crippen molar-refractivity contribution < 1.29 is 9.59 Å². The van der Waals surface area contributed by atoms with Gasteiger partial charge in [0.2, 0.25) is 11.8 Å². The predicted octanol–water partition coefficient (Wildman–Crippen LogP) is 0.442. The van der Waals surface area contributed by atoms with E-state index in [0.29, 0.717) is 13.1 Å². The summed E-state index contributed by atoms with van der Waals surface area (Å²) in [4.78, 5) is 26.9. The van der Waals surface area contributed by atoms with E-state index in [1.165, 1.54) is 0 Å². The van der Waals surface area contributed by atoms with E-state index >= 15 is 0 Å². The zero-order chi connectivity index (χ0) is 13.5. The summed E-state index contributed by atoms with van der Waals surface area (Å²) in [5.74, 6) is -0.583. The molecule has 0 spiro atoms. The lowest BCUT2D eigenvalue weighted by atomic mass is 10.1. The molecule has 2 amide bonds. The van der Waals surface area contributed by atoms with Gasteiger partial charge in [-0.05, 0) is 25.9 Å². The number of hydrogen-bond acceptors (Lipinski definition) is 3. The lowest BCUT2D eigenvalue weighted by Gasteiger charge is -2.24. The Kier molecular flexibility index (Phi) is 6.12. The number of hydrogen-bond donors (Lipinski definition) is 1. The second-order valence-electron chi connectivity index (χ2n) is 4.98. The lowest BCUT2D eigenvalue weighted by Crippen LogP contribution is -2.37. The molecule has 0 aromatic heterocycles. The summed E-state index contributed by atoms with van der Waals surface area (Å²) in [5, 5.41) is 0. The highest BCUT2D eigenvalue weighted by molar-refractivity contribution is 5.88. The second-order valence-corrected chi connectivity index (χ2v) is 4.98. The van der Waals surface area contributed by atoms with Crippen molar-refractivity contribution in [3.8, 4) is 0 Å². The molecule has 0 aliphatic carbocycles. The first-order chi connectivity index (χ1) is 8.58. The number of primary amides is 1. The number of likely N-dealkylation sites (tertiary alicyclic amines) is 1. The number of nitrogens with zero attached hydrogens (tertiary/aromatic N) is 2. The van der Waals surface area contributed by atoms with Crippen LogP contribution in [-0.2, 0) is 9.59 Å². The first kappa shape index (κ1) is 15.0. The van der Waals surface area contributed by atoms with Crippen molar-refractivity contribution >= 4 is 11.8 Å². The quantitative estimate of drug-likeness (QED) is 0.684. The third kappa shape index (κ3) is 4.29. The van der Waals surface area contributed by atoms with Crippen molar-refractivity contribution in [3.63, 3.8) is 0 Å². The summed E-state index contributed by atoms with van der Waals surface area (Å²) >= 11 is 0. The van der Waals surface area contributed by atoms with Crippen LogP contribution >= 0.6 is 0 Å². The second kappa shape index (κ2) is 7.36. The fourth-order valence-corrected chi connectivity index (χ4v) is 2.41. The van der Waals surface area contributed by atoms with Crippen LogP contribution < -0.4 is 5.73 Å². The van der Waals surface area contributed by atoms with E-state index in [4.69, 9.17) is 5.73 Å². The van der Waals surface area contributed by atoms with Gasteiger partial charge in [0.25, 0.3) is 0 Å². The van der Waals surface area contributed by atoms with Gasteiger partial charge in [-0.15, -0.1) is 0 Å². The fourth-order valence-electron chi connectivity index (χ4n) is 2.41. The van der Waals surface area contributed by atoms with Crippen molar-refractivity contribution in [2.75, 3.05) is 32.7 Å². The predicted molar refractivity (Wildman–Crippen MR) is 70.9 cm³/mol. The van der Waals surface area contributed by atoms with Crippen molar-refractivity contribution in [2.24, 2.45) is 11.7 Å². The van der Waals surface area contributed by atoms with E-state index in [9.17, 15) is 9.59 Å². The van der Waals surface area contributed by atoms with E-state index in [0.717, 1.165) is 32.5 Å². The minimum atomic E-state index is -0.357. The molecule has 1 fully saturated rings. The van der Waals surface area contributed by atoms with E-state index in [1.807, 2.05) is 0 Å². The lowest BCUT2D eigenvalue weighted by molar-refractivity contribution is -0.128. The highest BCUT2D eigenvalue weighted by atomic mass is 16.2. The molecule has 0 aromatic rings. The van der Waals surface area contributed by atoms with E-state index in [2.05, 4.69) is 18.7 Å². The van der Waals surface area contributed by atoms with Gasteiger partial charge in [0.05, 0.1) is 5.92 Å². The standard InChI is InChI=1S/C13H25N3O2/c1-3-5-15(6-4-2)7-8-16-10-11(13(14)18)9-12(16)17/h11H,3-10H2,1-2H3,(H2,14,18). The topological polar surface area (TPSA) is 66.6 Å². The van der Waals surface area contributed by atoms with E-state index < -0.39 is 0 Å². The maximum absolute atomic E-state index is 11.7. The first-order valence-electron chi connectivity index (χ1n) is 6.87. The van der Waals surface area contributed by atoms with E-state index in [1.54, 1.807) is 4.90 Å². The number of carbonyl (C=O) groups is 2. The Morgan fingerprint density at radius 3 is 2.39 bits per heavy atom. The third-order valence-corrected chi connectivity index (χ3v) is 3.38. The number of rotatable bonds is 8. The molecular weight excluding hydrogens is 230 g/mol. The van der Waals surface area contributed by atoms with Crippen LogP contribution in [0.25, 0.3) is 0 Å². The normalized spacial score (nSPS) is 19.8. The highest BCUT2D eigenvalue weighted by Crippen LogP contribution is 2.16. The van der Waals surface area contributed by atoms with Gasteiger partial charge in [0.1, 0.15) is 0 Å². The zero-order valence-electron chi connectivity index (χ0n) is 11.5. The molecule has 1 aliphatic rings. The van der Waals surface area contributed by atoms with Gasteiger partial charge in [-0.3, -0.25) is 9.59 Å². The van der Waals surface area contributed by atoms with Crippen LogP contribution in [0.15, 0.2) is 0 Å². The third-order valence-electron chi connectivity index (χ3n) is 3.38. The molecule has 1 heterocycles.